The molecule has 2 aromatic heterocycles. The number of hydrogen-bond donors (Lipinski definition) is 0. The van der Waals surface area contributed by atoms with Crippen LogP contribution in [0.15, 0.2) is 60.7 Å². The van der Waals surface area contributed by atoms with Gasteiger partial charge in [0, 0.05) is 35.1 Å². The highest BCUT2D eigenvalue weighted by Gasteiger charge is 2.30. The van der Waals surface area contributed by atoms with E-state index >= 15 is 0 Å². The molecule has 4 aromatic rings. The average molecular weight is 493 g/mol. The average Bonchev–Trinajstić information content (AvgIpc) is 3.49. The third kappa shape index (κ3) is 5.18. The molecule has 5 nitrogen and oxygen atoms in total. The predicted molar refractivity (Wildman–Crippen MR) is 138 cm³/mol. The number of nitrogens with zero attached hydrogens (tertiary/aromatic N) is 2. The number of thiazole rings is 2. The van der Waals surface area contributed by atoms with Gasteiger partial charge in [-0.15, -0.1) is 22.7 Å². The Morgan fingerprint density at radius 3 is 1.47 bits per heavy atom. The maximum absolute atomic E-state index is 13.7. The highest BCUT2D eigenvalue weighted by atomic mass is 32.1. The Bertz CT molecular complexity index is 1140. The maximum Gasteiger partial charge on any atom is 0.148 e. The van der Waals surface area contributed by atoms with Crippen molar-refractivity contribution in [3.05, 3.63) is 81.8 Å². The van der Waals surface area contributed by atoms with Crippen molar-refractivity contribution in [3.63, 3.8) is 0 Å². The van der Waals surface area contributed by atoms with Crippen LogP contribution in [0.5, 0.6) is 0 Å². The number of aromatic nitrogens is 2. The van der Waals surface area contributed by atoms with Gasteiger partial charge in [0.1, 0.15) is 15.8 Å². The SMILES string of the molecule is COCc1nc(-c2ccccc2)sc1C(C)C(=O)C(C)c1sc(-c2ccccc2)nc1COC. The zero-order valence-corrected chi connectivity index (χ0v) is 21.4. The van der Waals surface area contributed by atoms with E-state index in [-0.39, 0.29) is 17.6 Å². The van der Waals surface area contributed by atoms with Crippen LogP contribution in [0.4, 0.5) is 0 Å². The zero-order valence-electron chi connectivity index (χ0n) is 19.8. The van der Waals surface area contributed by atoms with E-state index in [1.807, 2.05) is 74.5 Å². The number of carbonyl (C=O) groups is 1. The van der Waals surface area contributed by atoms with Gasteiger partial charge in [-0.1, -0.05) is 74.5 Å². The fraction of sp³-hybridized carbons (Fsp3) is 0.296. The van der Waals surface area contributed by atoms with Crippen LogP contribution in [0.3, 0.4) is 0 Å². The molecule has 0 saturated carbocycles. The van der Waals surface area contributed by atoms with Gasteiger partial charge in [0.05, 0.1) is 36.4 Å². The van der Waals surface area contributed by atoms with Crippen LogP contribution in [0, 0.1) is 0 Å². The van der Waals surface area contributed by atoms with Gasteiger partial charge in [-0.25, -0.2) is 9.97 Å². The highest BCUT2D eigenvalue weighted by Crippen LogP contribution is 2.39. The largest absolute Gasteiger partial charge is 0.378 e. The molecule has 0 N–H and O–H groups in total. The molecular weight excluding hydrogens is 464 g/mol. The van der Waals surface area contributed by atoms with Crippen molar-refractivity contribution in [1.29, 1.82) is 0 Å². The molecular formula is C27H28N2O3S2. The first-order chi connectivity index (χ1) is 16.5. The second kappa shape index (κ2) is 11.1. The van der Waals surface area contributed by atoms with Crippen LogP contribution < -0.4 is 0 Å². The maximum atomic E-state index is 13.7. The minimum atomic E-state index is -0.312. The predicted octanol–water partition coefficient (Wildman–Crippen LogP) is 6.70. The number of hydrogen-bond acceptors (Lipinski definition) is 7. The van der Waals surface area contributed by atoms with E-state index in [9.17, 15) is 4.79 Å². The molecule has 0 bridgehead atoms. The molecule has 0 fully saturated rings. The first-order valence-corrected chi connectivity index (χ1v) is 12.8. The molecule has 0 spiro atoms. The van der Waals surface area contributed by atoms with E-state index < -0.39 is 0 Å². The summed E-state index contributed by atoms with van der Waals surface area (Å²) < 4.78 is 10.8. The van der Waals surface area contributed by atoms with Gasteiger partial charge < -0.3 is 9.47 Å². The number of rotatable bonds is 10. The van der Waals surface area contributed by atoms with Crippen molar-refractivity contribution < 1.29 is 14.3 Å². The van der Waals surface area contributed by atoms with Gasteiger partial charge >= 0.3 is 0 Å². The van der Waals surface area contributed by atoms with Crippen molar-refractivity contribution >= 4 is 28.5 Å². The smallest absolute Gasteiger partial charge is 0.148 e. The number of ketones is 1. The lowest BCUT2D eigenvalue weighted by molar-refractivity contribution is -0.121. The minimum Gasteiger partial charge on any atom is -0.378 e. The number of ether oxygens (including phenoxy) is 2. The standard InChI is InChI=1S/C27H28N2O3S2/c1-17(24-21(15-31-3)28-26(33-24)19-11-7-5-8-12-19)23(30)18(2)25-22(16-32-4)29-27(34-25)20-13-9-6-10-14-20/h5-14,17-18H,15-16H2,1-4H3. The molecule has 0 aliphatic heterocycles. The topological polar surface area (TPSA) is 61.3 Å². The van der Waals surface area contributed by atoms with Crippen LogP contribution in [0.25, 0.3) is 21.1 Å². The quantitative estimate of drug-likeness (QED) is 0.246. The summed E-state index contributed by atoms with van der Waals surface area (Å²) in [6.07, 6.45) is 0. The first-order valence-electron chi connectivity index (χ1n) is 11.1. The van der Waals surface area contributed by atoms with Crippen molar-refractivity contribution in [2.24, 2.45) is 0 Å². The van der Waals surface area contributed by atoms with E-state index in [2.05, 4.69) is 0 Å². The Hall–Kier alpha value is -2.71. The zero-order chi connectivity index (χ0) is 24.1. The molecule has 176 valence electrons. The monoisotopic (exact) mass is 492 g/mol. The van der Waals surface area contributed by atoms with Gasteiger partial charge in [-0.3, -0.25) is 4.79 Å². The first kappa shape index (κ1) is 24.4. The number of carbonyl (C=O) groups excluding carboxylic acids is 1. The molecule has 2 unspecified atom stereocenters. The lowest BCUT2D eigenvalue weighted by Crippen LogP contribution is -2.17. The Morgan fingerprint density at radius 1 is 0.735 bits per heavy atom. The molecule has 2 heterocycles. The molecule has 0 amide bonds. The van der Waals surface area contributed by atoms with Gasteiger partial charge in [0.15, 0.2) is 0 Å². The Balaban J connectivity index is 1.65. The fourth-order valence-electron chi connectivity index (χ4n) is 3.93. The normalized spacial score (nSPS) is 13.1. The Labute approximate surface area is 208 Å². The number of methoxy groups -OCH3 is 2. The minimum absolute atomic E-state index is 0.140. The van der Waals surface area contributed by atoms with E-state index in [0.717, 1.165) is 42.3 Å². The Morgan fingerprint density at radius 2 is 1.12 bits per heavy atom. The molecule has 0 aliphatic rings. The van der Waals surface area contributed by atoms with Crippen molar-refractivity contribution in [1.82, 2.24) is 9.97 Å². The third-order valence-electron chi connectivity index (χ3n) is 5.70. The molecule has 2 aromatic carbocycles. The number of benzene rings is 2. The second-order valence-electron chi connectivity index (χ2n) is 8.10. The summed E-state index contributed by atoms with van der Waals surface area (Å²) in [5, 5.41) is 1.80. The molecule has 34 heavy (non-hydrogen) atoms. The van der Waals surface area contributed by atoms with Crippen LogP contribution in [-0.2, 0) is 27.5 Å². The van der Waals surface area contributed by atoms with Gasteiger partial charge in [0.2, 0.25) is 0 Å². The molecule has 2 atom stereocenters. The van der Waals surface area contributed by atoms with Crippen LogP contribution in [0.1, 0.15) is 46.8 Å². The Kier molecular flexibility index (Phi) is 8.00. The molecule has 4 rings (SSSR count). The lowest BCUT2D eigenvalue weighted by atomic mass is 9.91. The second-order valence-corrected chi connectivity index (χ2v) is 10.2. The van der Waals surface area contributed by atoms with Crippen molar-refractivity contribution in [3.8, 4) is 21.1 Å². The number of Topliss-reactive ketones (excluding diaryl/α,β-unsaturated/α-hetero) is 1. The van der Waals surface area contributed by atoms with Gasteiger partial charge in [-0.2, -0.15) is 0 Å². The van der Waals surface area contributed by atoms with Gasteiger partial charge in [0.25, 0.3) is 0 Å². The van der Waals surface area contributed by atoms with E-state index in [0.29, 0.717) is 13.2 Å². The summed E-state index contributed by atoms with van der Waals surface area (Å²) in [6, 6.07) is 20.1. The summed E-state index contributed by atoms with van der Waals surface area (Å²) in [4.78, 5) is 25.3. The van der Waals surface area contributed by atoms with Crippen LogP contribution in [0.2, 0.25) is 0 Å². The fourth-order valence-corrected chi connectivity index (χ4v) is 6.19. The van der Waals surface area contributed by atoms with Crippen LogP contribution >= 0.6 is 22.7 Å². The summed E-state index contributed by atoms with van der Waals surface area (Å²) in [7, 11) is 3.31. The highest BCUT2D eigenvalue weighted by molar-refractivity contribution is 7.15. The lowest BCUT2D eigenvalue weighted by Gasteiger charge is -2.16. The molecule has 0 saturated heterocycles. The van der Waals surface area contributed by atoms with Gasteiger partial charge in [-0.05, 0) is 0 Å². The van der Waals surface area contributed by atoms with Crippen molar-refractivity contribution in [2.45, 2.75) is 38.9 Å². The summed E-state index contributed by atoms with van der Waals surface area (Å²) in [6.45, 7) is 4.68. The van der Waals surface area contributed by atoms with Crippen molar-refractivity contribution in [2.75, 3.05) is 14.2 Å². The van der Waals surface area contributed by atoms with E-state index in [4.69, 9.17) is 19.4 Å². The molecule has 7 heteroatoms. The van der Waals surface area contributed by atoms with Crippen LogP contribution in [-0.4, -0.2) is 30.0 Å². The van der Waals surface area contributed by atoms with E-state index in [1.165, 1.54) is 0 Å². The summed E-state index contributed by atoms with van der Waals surface area (Å²) in [5.74, 6) is -0.484. The van der Waals surface area contributed by atoms with E-state index in [1.54, 1.807) is 36.9 Å². The third-order valence-corrected chi connectivity index (χ3v) is 8.36. The molecule has 0 radical (unpaired) electrons. The summed E-state index contributed by atoms with van der Waals surface area (Å²) in [5.41, 5.74) is 3.74. The molecule has 0 aliphatic carbocycles. The summed E-state index contributed by atoms with van der Waals surface area (Å²) >= 11 is 3.14.